The van der Waals surface area contributed by atoms with Gasteiger partial charge >= 0.3 is 0 Å². The number of amides is 1. The van der Waals surface area contributed by atoms with Gasteiger partial charge in [0.25, 0.3) is 5.91 Å². The van der Waals surface area contributed by atoms with Crippen molar-refractivity contribution in [3.63, 3.8) is 0 Å². The van der Waals surface area contributed by atoms with Crippen LogP contribution in [0.2, 0.25) is 0 Å². The molecule has 0 saturated carbocycles. The van der Waals surface area contributed by atoms with Crippen molar-refractivity contribution < 1.29 is 18.4 Å². The molecule has 0 aliphatic carbocycles. The molecule has 1 amide bonds. The molecule has 7 nitrogen and oxygen atoms in total. The Hall–Kier alpha value is -3.68. The van der Waals surface area contributed by atoms with E-state index in [1.807, 2.05) is 29.2 Å². The first kappa shape index (κ1) is 20.2. The number of aromatic amines is 1. The summed E-state index contributed by atoms with van der Waals surface area (Å²) in [4.78, 5) is 22.6. The average molecular weight is 434 g/mol. The monoisotopic (exact) mass is 434 g/mol. The number of aromatic nitrogens is 3. The topological polar surface area (TPSA) is 84.2 Å². The fraction of sp³-hybridized carbons (Fsp3) is 0.292. The molecular weight excluding hydrogens is 411 g/mol. The van der Waals surface area contributed by atoms with Crippen LogP contribution in [0.3, 0.4) is 0 Å². The first-order chi connectivity index (χ1) is 15.6. The lowest BCUT2D eigenvalue weighted by atomic mass is 9.94. The highest BCUT2D eigenvalue weighted by Crippen LogP contribution is 2.26. The van der Waals surface area contributed by atoms with Gasteiger partial charge in [0.15, 0.2) is 0 Å². The van der Waals surface area contributed by atoms with Gasteiger partial charge in [-0.15, -0.1) is 0 Å². The number of nitrogens with one attached hydrogen (secondary N) is 1. The van der Waals surface area contributed by atoms with Crippen LogP contribution in [0.1, 0.15) is 29.2 Å². The Bertz CT molecular complexity index is 1270. The van der Waals surface area contributed by atoms with Crippen molar-refractivity contribution >= 4 is 16.8 Å². The van der Waals surface area contributed by atoms with Crippen molar-refractivity contribution in [2.24, 2.45) is 5.92 Å². The maximum absolute atomic E-state index is 14.0. The van der Waals surface area contributed by atoms with E-state index < -0.39 is 0 Å². The summed E-state index contributed by atoms with van der Waals surface area (Å²) < 4.78 is 24.6. The third-order valence-electron chi connectivity index (χ3n) is 5.91. The minimum Gasteiger partial charge on any atom is -0.497 e. The van der Waals surface area contributed by atoms with Gasteiger partial charge in [-0.05, 0) is 49.1 Å². The highest BCUT2D eigenvalue weighted by Gasteiger charge is 2.27. The van der Waals surface area contributed by atoms with E-state index in [1.54, 1.807) is 25.3 Å². The molecule has 3 heterocycles. The predicted octanol–water partition coefficient (Wildman–Crippen LogP) is 4.46. The van der Waals surface area contributed by atoms with E-state index in [-0.39, 0.29) is 23.5 Å². The third-order valence-corrected chi connectivity index (χ3v) is 5.91. The first-order valence-electron chi connectivity index (χ1n) is 10.6. The Labute approximate surface area is 184 Å². The van der Waals surface area contributed by atoms with Gasteiger partial charge in [0, 0.05) is 36.5 Å². The van der Waals surface area contributed by atoms with E-state index in [0.717, 1.165) is 29.5 Å². The summed E-state index contributed by atoms with van der Waals surface area (Å²) in [6.45, 7) is 1.31. The number of hydrogen-bond donors (Lipinski definition) is 1. The number of methoxy groups -OCH3 is 1. The molecule has 1 fully saturated rings. The molecule has 1 aliphatic heterocycles. The van der Waals surface area contributed by atoms with Crippen molar-refractivity contribution in [3.05, 3.63) is 65.9 Å². The number of carbonyl (C=O) groups is 1. The molecule has 1 atom stereocenters. The van der Waals surface area contributed by atoms with Crippen LogP contribution in [0.15, 0.2) is 53.1 Å². The summed E-state index contributed by atoms with van der Waals surface area (Å²) in [7, 11) is 1.62. The molecule has 2 aromatic carbocycles. The smallest absolute Gasteiger partial charge is 0.270 e. The van der Waals surface area contributed by atoms with Crippen LogP contribution in [0.25, 0.3) is 22.3 Å². The van der Waals surface area contributed by atoms with Crippen molar-refractivity contribution in [3.8, 4) is 17.1 Å². The number of benzene rings is 2. The normalized spacial score (nSPS) is 16.4. The largest absolute Gasteiger partial charge is 0.497 e. The molecule has 1 aliphatic rings. The van der Waals surface area contributed by atoms with Gasteiger partial charge in [-0.2, -0.15) is 4.98 Å². The Morgan fingerprint density at radius 3 is 3.00 bits per heavy atom. The number of nitrogens with zero attached hydrogens (tertiary/aromatic N) is 3. The lowest BCUT2D eigenvalue weighted by molar-refractivity contribution is 0.0663. The van der Waals surface area contributed by atoms with Crippen LogP contribution in [0, 0.1) is 11.7 Å². The van der Waals surface area contributed by atoms with E-state index in [9.17, 15) is 9.18 Å². The standard InChI is InChI=1S/C24H23FN4O3/c1-31-17-9-8-16-12-21(26-20(16)13-17)24(30)29-10-4-5-15(14-29)11-22-27-23(28-32-22)18-6-2-3-7-19(18)25/h2-3,6-9,12-13,15,26H,4-5,10-11,14H2,1H3/t15-/m1/s1. The Kier molecular flexibility index (Phi) is 5.34. The van der Waals surface area contributed by atoms with Crippen LogP contribution in [-0.2, 0) is 6.42 Å². The number of carbonyl (C=O) groups excluding carboxylic acids is 1. The Morgan fingerprint density at radius 2 is 2.16 bits per heavy atom. The number of rotatable bonds is 5. The van der Waals surface area contributed by atoms with Gasteiger partial charge in [-0.25, -0.2) is 4.39 Å². The molecule has 1 saturated heterocycles. The zero-order valence-electron chi connectivity index (χ0n) is 17.7. The van der Waals surface area contributed by atoms with E-state index in [4.69, 9.17) is 9.26 Å². The van der Waals surface area contributed by atoms with Crippen LogP contribution in [0.4, 0.5) is 4.39 Å². The molecule has 32 heavy (non-hydrogen) atoms. The number of H-pyrrole nitrogens is 1. The van der Waals surface area contributed by atoms with E-state index in [1.165, 1.54) is 6.07 Å². The van der Waals surface area contributed by atoms with Crippen molar-refractivity contribution in [1.29, 1.82) is 0 Å². The fourth-order valence-electron chi connectivity index (χ4n) is 4.27. The number of hydrogen-bond acceptors (Lipinski definition) is 5. The second kappa shape index (κ2) is 8.45. The summed E-state index contributed by atoms with van der Waals surface area (Å²) in [5.41, 5.74) is 1.75. The van der Waals surface area contributed by atoms with Gasteiger partial charge in [0.1, 0.15) is 17.3 Å². The average Bonchev–Trinajstić information content (AvgIpc) is 3.45. The van der Waals surface area contributed by atoms with Crippen LogP contribution in [0.5, 0.6) is 5.75 Å². The van der Waals surface area contributed by atoms with Crippen molar-refractivity contribution in [2.45, 2.75) is 19.3 Å². The summed E-state index contributed by atoms with van der Waals surface area (Å²) in [6, 6.07) is 13.9. The molecule has 0 spiro atoms. The molecule has 4 aromatic rings. The SMILES string of the molecule is COc1ccc2cc(C(=O)N3CCC[C@H](Cc4nc(-c5ccccc5F)no4)C3)[nH]c2c1. The maximum atomic E-state index is 14.0. The molecule has 2 aromatic heterocycles. The second-order valence-electron chi connectivity index (χ2n) is 8.09. The number of fused-ring (bicyclic) bond motifs is 1. The minimum atomic E-state index is -0.384. The van der Waals surface area contributed by atoms with E-state index in [0.29, 0.717) is 36.7 Å². The maximum Gasteiger partial charge on any atom is 0.270 e. The van der Waals surface area contributed by atoms with Gasteiger partial charge in [-0.1, -0.05) is 17.3 Å². The quantitative estimate of drug-likeness (QED) is 0.501. The molecule has 5 rings (SSSR count). The summed E-state index contributed by atoms with van der Waals surface area (Å²) in [5.74, 6) is 1.24. The molecule has 0 unspecified atom stereocenters. The zero-order chi connectivity index (χ0) is 22.1. The Balaban J connectivity index is 1.28. The minimum absolute atomic E-state index is 0.0255. The van der Waals surface area contributed by atoms with Gasteiger partial charge in [-0.3, -0.25) is 4.79 Å². The van der Waals surface area contributed by atoms with Crippen molar-refractivity contribution in [2.75, 3.05) is 20.2 Å². The predicted molar refractivity (Wildman–Crippen MR) is 117 cm³/mol. The molecule has 0 radical (unpaired) electrons. The summed E-state index contributed by atoms with van der Waals surface area (Å²) >= 11 is 0. The van der Waals surface area contributed by atoms with Gasteiger partial charge < -0.3 is 19.1 Å². The molecule has 164 valence electrons. The van der Waals surface area contributed by atoms with Crippen LogP contribution in [-0.4, -0.2) is 46.1 Å². The van der Waals surface area contributed by atoms with E-state index in [2.05, 4.69) is 15.1 Å². The third kappa shape index (κ3) is 3.95. The van der Waals surface area contributed by atoms with Gasteiger partial charge in [0.2, 0.25) is 11.7 Å². The second-order valence-corrected chi connectivity index (χ2v) is 8.09. The molecular formula is C24H23FN4O3. The lowest BCUT2D eigenvalue weighted by Crippen LogP contribution is -2.40. The fourth-order valence-corrected chi connectivity index (χ4v) is 4.27. The number of ether oxygens (including phenoxy) is 1. The number of piperidine rings is 1. The highest BCUT2D eigenvalue weighted by atomic mass is 19.1. The lowest BCUT2D eigenvalue weighted by Gasteiger charge is -2.31. The van der Waals surface area contributed by atoms with Gasteiger partial charge in [0.05, 0.1) is 12.7 Å². The molecule has 0 bridgehead atoms. The van der Waals surface area contributed by atoms with E-state index >= 15 is 0 Å². The highest BCUT2D eigenvalue weighted by molar-refractivity contribution is 5.98. The summed E-state index contributed by atoms with van der Waals surface area (Å²) in [6.07, 6.45) is 2.42. The number of likely N-dealkylation sites (tertiary alicyclic amines) is 1. The van der Waals surface area contributed by atoms with Crippen LogP contribution >= 0.6 is 0 Å². The number of halogens is 1. The Morgan fingerprint density at radius 1 is 1.28 bits per heavy atom. The molecule has 1 N–H and O–H groups in total. The molecule has 8 heteroatoms. The summed E-state index contributed by atoms with van der Waals surface area (Å²) in [5, 5.41) is 4.90. The zero-order valence-corrected chi connectivity index (χ0v) is 17.7. The first-order valence-corrected chi connectivity index (χ1v) is 10.6. The van der Waals surface area contributed by atoms with Crippen molar-refractivity contribution in [1.82, 2.24) is 20.0 Å². The van der Waals surface area contributed by atoms with Crippen LogP contribution < -0.4 is 4.74 Å².